The monoisotopic (exact) mass is 306 g/mol. The minimum absolute atomic E-state index is 0.214. The van der Waals surface area contributed by atoms with Crippen molar-refractivity contribution < 1.29 is 9.53 Å². The second kappa shape index (κ2) is 6.63. The van der Waals surface area contributed by atoms with Gasteiger partial charge in [0.15, 0.2) is 15.2 Å². The number of hydrogen-bond donors (Lipinski definition) is 1. The zero-order valence-corrected chi connectivity index (χ0v) is 12.5. The summed E-state index contributed by atoms with van der Waals surface area (Å²) in [7, 11) is 1.34. The standard InChI is InChI=1S/C11H15ClN2O2S2/c1-16-10(15)8-9(12)14-11(18-8)13-6-7-4-2-3-5-17-7/h7H,2-6H2,1H3,(H,13,14). The van der Waals surface area contributed by atoms with Crippen molar-refractivity contribution in [2.75, 3.05) is 24.7 Å². The van der Waals surface area contributed by atoms with Crippen molar-refractivity contribution in [3.8, 4) is 0 Å². The van der Waals surface area contributed by atoms with Gasteiger partial charge in [0.2, 0.25) is 0 Å². The van der Waals surface area contributed by atoms with E-state index in [1.165, 1.54) is 43.5 Å². The van der Waals surface area contributed by atoms with Gasteiger partial charge in [-0.15, -0.1) is 0 Å². The quantitative estimate of drug-likeness (QED) is 0.865. The molecular weight excluding hydrogens is 292 g/mol. The van der Waals surface area contributed by atoms with Crippen LogP contribution < -0.4 is 5.32 Å². The molecule has 18 heavy (non-hydrogen) atoms. The molecule has 0 aliphatic carbocycles. The Labute approximate surface area is 119 Å². The molecule has 2 heterocycles. The summed E-state index contributed by atoms with van der Waals surface area (Å²) in [5.74, 6) is 0.802. The van der Waals surface area contributed by atoms with Gasteiger partial charge in [0.25, 0.3) is 0 Å². The van der Waals surface area contributed by atoms with Crippen LogP contribution in [0.5, 0.6) is 0 Å². The summed E-state index contributed by atoms with van der Waals surface area (Å²) in [5, 5.41) is 4.78. The molecule has 1 aliphatic rings. The smallest absolute Gasteiger partial charge is 0.351 e. The van der Waals surface area contributed by atoms with Gasteiger partial charge in [-0.3, -0.25) is 0 Å². The number of ether oxygens (including phenoxy) is 1. The van der Waals surface area contributed by atoms with Crippen LogP contribution in [0.3, 0.4) is 0 Å². The summed E-state index contributed by atoms with van der Waals surface area (Å²) in [4.78, 5) is 15.9. The lowest BCUT2D eigenvalue weighted by molar-refractivity contribution is 0.0606. The van der Waals surface area contributed by atoms with E-state index in [2.05, 4.69) is 15.0 Å². The first-order chi connectivity index (χ1) is 8.70. The maximum Gasteiger partial charge on any atom is 0.351 e. The van der Waals surface area contributed by atoms with Crippen LogP contribution in [0.1, 0.15) is 28.9 Å². The molecule has 4 nitrogen and oxygen atoms in total. The molecule has 0 saturated carbocycles. The van der Waals surface area contributed by atoms with Crippen molar-refractivity contribution in [3.63, 3.8) is 0 Å². The van der Waals surface area contributed by atoms with E-state index in [0.717, 1.165) is 6.54 Å². The summed E-state index contributed by atoms with van der Waals surface area (Å²) < 4.78 is 4.64. The minimum atomic E-state index is -0.433. The van der Waals surface area contributed by atoms with Gasteiger partial charge in [-0.1, -0.05) is 29.4 Å². The van der Waals surface area contributed by atoms with Gasteiger partial charge in [0.05, 0.1) is 7.11 Å². The van der Waals surface area contributed by atoms with Crippen LogP contribution in [0.2, 0.25) is 5.15 Å². The van der Waals surface area contributed by atoms with Crippen molar-refractivity contribution in [2.45, 2.75) is 24.5 Å². The molecule has 1 aromatic heterocycles. The number of thiazole rings is 1. The third kappa shape index (κ3) is 3.52. The fraction of sp³-hybridized carbons (Fsp3) is 0.636. The molecule has 1 atom stereocenters. The van der Waals surface area contributed by atoms with E-state index >= 15 is 0 Å². The van der Waals surface area contributed by atoms with Crippen LogP contribution in [0, 0.1) is 0 Å². The molecule has 0 aromatic carbocycles. The number of nitrogens with zero attached hydrogens (tertiary/aromatic N) is 1. The molecule has 1 aliphatic heterocycles. The zero-order chi connectivity index (χ0) is 13.0. The molecular formula is C11H15ClN2O2S2. The van der Waals surface area contributed by atoms with E-state index in [1.807, 2.05) is 11.8 Å². The normalized spacial score (nSPS) is 19.6. The highest BCUT2D eigenvalue weighted by molar-refractivity contribution is 7.99. The van der Waals surface area contributed by atoms with E-state index in [9.17, 15) is 4.79 Å². The SMILES string of the molecule is COC(=O)c1sc(NCC2CCCCS2)nc1Cl. The van der Waals surface area contributed by atoms with E-state index in [1.54, 1.807) is 0 Å². The molecule has 1 unspecified atom stereocenters. The van der Waals surface area contributed by atoms with Gasteiger partial charge < -0.3 is 10.1 Å². The second-order valence-electron chi connectivity index (χ2n) is 4.00. The lowest BCUT2D eigenvalue weighted by Gasteiger charge is -2.21. The van der Waals surface area contributed by atoms with Crippen LogP contribution >= 0.6 is 34.7 Å². The number of methoxy groups -OCH3 is 1. The zero-order valence-electron chi connectivity index (χ0n) is 10.1. The van der Waals surface area contributed by atoms with E-state index in [4.69, 9.17) is 11.6 Å². The maximum atomic E-state index is 11.4. The number of carbonyl (C=O) groups excluding carboxylic acids is 1. The number of anilines is 1. The van der Waals surface area contributed by atoms with Gasteiger partial charge in [-0.05, 0) is 18.6 Å². The van der Waals surface area contributed by atoms with E-state index < -0.39 is 5.97 Å². The van der Waals surface area contributed by atoms with Gasteiger partial charge in [-0.25, -0.2) is 9.78 Å². The Bertz CT molecular complexity index is 419. The largest absolute Gasteiger partial charge is 0.465 e. The third-order valence-electron chi connectivity index (χ3n) is 2.71. The predicted molar refractivity (Wildman–Crippen MR) is 77.1 cm³/mol. The first kappa shape index (κ1) is 14.0. The average Bonchev–Trinajstić information content (AvgIpc) is 2.78. The van der Waals surface area contributed by atoms with Crippen molar-refractivity contribution in [3.05, 3.63) is 10.0 Å². The Kier molecular flexibility index (Phi) is 5.14. The number of nitrogens with one attached hydrogen (secondary N) is 1. The molecule has 0 radical (unpaired) electrons. The van der Waals surface area contributed by atoms with Gasteiger partial charge in [0, 0.05) is 11.8 Å². The average molecular weight is 307 g/mol. The fourth-order valence-electron chi connectivity index (χ4n) is 1.77. The Morgan fingerprint density at radius 1 is 1.61 bits per heavy atom. The molecule has 2 rings (SSSR count). The van der Waals surface area contributed by atoms with Crippen LogP contribution in [0.4, 0.5) is 5.13 Å². The number of thioether (sulfide) groups is 1. The summed E-state index contributed by atoms with van der Waals surface area (Å²) >= 11 is 9.13. The Hall–Kier alpha value is -0.460. The molecule has 1 aromatic rings. The number of halogens is 1. The predicted octanol–water partition coefficient (Wildman–Crippen LogP) is 3.28. The van der Waals surface area contributed by atoms with Crippen molar-refractivity contribution in [2.24, 2.45) is 0 Å². The third-order valence-corrected chi connectivity index (χ3v) is 5.49. The Balaban J connectivity index is 1.91. The summed E-state index contributed by atoms with van der Waals surface area (Å²) in [6.07, 6.45) is 3.85. The van der Waals surface area contributed by atoms with Crippen molar-refractivity contribution in [1.82, 2.24) is 4.98 Å². The molecule has 1 N–H and O–H groups in total. The first-order valence-electron chi connectivity index (χ1n) is 5.81. The molecule has 1 saturated heterocycles. The van der Waals surface area contributed by atoms with Crippen LogP contribution in [0.25, 0.3) is 0 Å². The maximum absolute atomic E-state index is 11.4. The molecule has 0 spiro atoms. The molecule has 0 bridgehead atoms. The first-order valence-corrected chi connectivity index (χ1v) is 8.05. The molecule has 0 amide bonds. The lowest BCUT2D eigenvalue weighted by Crippen LogP contribution is -2.19. The van der Waals surface area contributed by atoms with Gasteiger partial charge >= 0.3 is 5.97 Å². The molecule has 7 heteroatoms. The number of esters is 1. The Morgan fingerprint density at radius 2 is 2.44 bits per heavy atom. The fourth-order valence-corrected chi connectivity index (χ4v) is 4.11. The van der Waals surface area contributed by atoms with Crippen LogP contribution in [-0.2, 0) is 4.74 Å². The molecule has 1 fully saturated rings. The number of carbonyl (C=O) groups is 1. The number of aromatic nitrogens is 1. The highest BCUT2D eigenvalue weighted by Crippen LogP contribution is 2.29. The summed E-state index contributed by atoms with van der Waals surface area (Å²) in [6, 6.07) is 0. The Morgan fingerprint density at radius 3 is 3.11 bits per heavy atom. The summed E-state index contributed by atoms with van der Waals surface area (Å²) in [5.41, 5.74) is 0. The second-order valence-corrected chi connectivity index (χ2v) is 6.77. The van der Waals surface area contributed by atoms with Crippen LogP contribution in [-0.4, -0.2) is 35.6 Å². The number of hydrogen-bond acceptors (Lipinski definition) is 6. The van der Waals surface area contributed by atoms with E-state index in [-0.39, 0.29) is 5.15 Å². The molecule has 100 valence electrons. The van der Waals surface area contributed by atoms with E-state index in [0.29, 0.717) is 15.3 Å². The van der Waals surface area contributed by atoms with Crippen LogP contribution in [0.15, 0.2) is 0 Å². The van der Waals surface area contributed by atoms with Crippen molar-refractivity contribution >= 4 is 45.8 Å². The highest BCUT2D eigenvalue weighted by Gasteiger charge is 2.18. The highest BCUT2D eigenvalue weighted by atomic mass is 35.5. The van der Waals surface area contributed by atoms with Gasteiger partial charge in [0.1, 0.15) is 0 Å². The lowest BCUT2D eigenvalue weighted by atomic mass is 10.2. The topological polar surface area (TPSA) is 51.2 Å². The summed E-state index contributed by atoms with van der Waals surface area (Å²) in [6.45, 7) is 0.870. The van der Waals surface area contributed by atoms with Gasteiger partial charge in [-0.2, -0.15) is 11.8 Å². The number of rotatable bonds is 4. The minimum Gasteiger partial charge on any atom is -0.465 e. The van der Waals surface area contributed by atoms with Crippen molar-refractivity contribution in [1.29, 1.82) is 0 Å².